The topological polar surface area (TPSA) is 65.9 Å². The summed E-state index contributed by atoms with van der Waals surface area (Å²) >= 11 is 6.07. The second-order valence-corrected chi connectivity index (χ2v) is 5.14. The molecule has 5 nitrogen and oxygen atoms in total. The van der Waals surface area contributed by atoms with Crippen LogP contribution in [-0.4, -0.2) is 43.9 Å². The van der Waals surface area contributed by atoms with Gasteiger partial charge in [-0.1, -0.05) is 29.8 Å². The zero-order chi connectivity index (χ0) is 16.2. The largest absolute Gasteiger partial charge is 0.386 e. The summed E-state index contributed by atoms with van der Waals surface area (Å²) in [6.07, 6.45) is 0.193. The Balaban J connectivity index is 0.00000484. The monoisotopic (exact) mass is 455 g/mol. The fraction of sp³-hybridized carbons (Fsp3) is 0.562. The maximum Gasteiger partial charge on any atom is 0.191 e. The third kappa shape index (κ3) is 9.34. The Hall–Kier alpha value is -0.570. The Morgan fingerprint density at radius 1 is 1.30 bits per heavy atom. The molecule has 0 fully saturated rings. The van der Waals surface area contributed by atoms with Crippen molar-refractivity contribution in [2.75, 3.05) is 32.8 Å². The van der Waals surface area contributed by atoms with Gasteiger partial charge in [-0.25, -0.2) is 0 Å². The predicted molar refractivity (Wildman–Crippen MR) is 107 cm³/mol. The second-order valence-electron chi connectivity index (χ2n) is 4.73. The molecule has 1 rings (SSSR count). The van der Waals surface area contributed by atoms with E-state index in [1.54, 1.807) is 6.07 Å². The molecule has 1 aromatic carbocycles. The number of ether oxygens (including phenoxy) is 1. The van der Waals surface area contributed by atoms with Gasteiger partial charge in [-0.3, -0.25) is 4.99 Å². The van der Waals surface area contributed by atoms with Gasteiger partial charge in [-0.05, 0) is 26.3 Å². The number of rotatable bonds is 9. The molecule has 0 saturated carbocycles. The average molecular weight is 456 g/mol. The number of guanidine groups is 1. The van der Waals surface area contributed by atoms with E-state index in [-0.39, 0.29) is 30.5 Å². The first-order chi connectivity index (χ1) is 10.7. The Labute approximate surface area is 160 Å². The molecule has 0 radical (unpaired) electrons. The number of nitrogens with zero attached hydrogens (tertiary/aromatic N) is 1. The number of aliphatic hydroxyl groups is 1. The Kier molecular flexibility index (Phi) is 13.5. The number of hydrogen-bond acceptors (Lipinski definition) is 3. The summed E-state index contributed by atoms with van der Waals surface area (Å²) in [7, 11) is 0. The second kappa shape index (κ2) is 13.8. The summed E-state index contributed by atoms with van der Waals surface area (Å²) in [5.41, 5.74) is 0.695. The van der Waals surface area contributed by atoms with Crippen molar-refractivity contribution >= 4 is 41.5 Å². The molecule has 0 spiro atoms. The molecule has 0 saturated heterocycles. The van der Waals surface area contributed by atoms with E-state index in [2.05, 4.69) is 15.6 Å². The highest BCUT2D eigenvalue weighted by molar-refractivity contribution is 14.0. The van der Waals surface area contributed by atoms with E-state index in [1.807, 2.05) is 32.0 Å². The molecule has 3 N–H and O–H groups in total. The minimum absolute atomic E-state index is 0. The Bertz CT molecular complexity index is 461. The van der Waals surface area contributed by atoms with Crippen LogP contribution in [-0.2, 0) is 4.74 Å². The Morgan fingerprint density at radius 2 is 2.04 bits per heavy atom. The van der Waals surface area contributed by atoms with Crippen LogP contribution in [0.4, 0.5) is 0 Å². The van der Waals surface area contributed by atoms with Gasteiger partial charge < -0.3 is 20.5 Å². The van der Waals surface area contributed by atoms with Gasteiger partial charge in [0.05, 0.1) is 6.54 Å². The fourth-order valence-electron chi connectivity index (χ4n) is 1.89. The number of hydrogen-bond donors (Lipinski definition) is 3. The molecule has 0 aromatic heterocycles. The highest BCUT2D eigenvalue weighted by Gasteiger charge is 2.10. The van der Waals surface area contributed by atoms with E-state index in [1.165, 1.54) is 0 Å². The minimum Gasteiger partial charge on any atom is -0.386 e. The van der Waals surface area contributed by atoms with Crippen LogP contribution in [0.25, 0.3) is 0 Å². The molecule has 1 unspecified atom stereocenters. The van der Waals surface area contributed by atoms with Crippen LogP contribution in [0.5, 0.6) is 0 Å². The van der Waals surface area contributed by atoms with Crippen molar-refractivity contribution in [1.82, 2.24) is 10.6 Å². The van der Waals surface area contributed by atoms with E-state index in [0.717, 1.165) is 32.7 Å². The molecular formula is C16H27ClIN3O2. The molecule has 0 aliphatic rings. The van der Waals surface area contributed by atoms with Crippen LogP contribution in [0.1, 0.15) is 31.9 Å². The number of aliphatic imine (C=N–C) groups is 1. The molecule has 132 valence electrons. The molecule has 7 heteroatoms. The van der Waals surface area contributed by atoms with E-state index in [9.17, 15) is 5.11 Å². The van der Waals surface area contributed by atoms with Gasteiger partial charge in [0.1, 0.15) is 6.10 Å². The Morgan fingerprint density at radius 3 is 2.70 bits per heavy atom. The van der Waals surface area contributed by atoms with Crippen molar-refractivity contribution in [3.8, 4) is 0 Å². The molecule has 0 heterocycles. The SMILES string of the molecule is CCNC(=NCC(O)c1ccccc1Cl)NCCCOCC.I. The predicted octanol–water partition coefficient (Wildman–Crippen LogP) is 2.97. The zero-order valence-corrected chi connectivity index (χ0v) is 16.8. The van der Waals surface area contributed by atoms with Crippen molar-refractivity contribution in [3.63, 3.8) is 0 Å². The maximum atomic E-state index is 10.2. The van der Waals surface area contributed by atoms with Crippen LogP contribution in [0, 0.1) is 0 Å². The van der Waals surface area contributed by atoms with Gasteiger partial charge in [0, 0.05) is 36.9 Å². The summed E-state index contributed by atoms with van der Waals surface area (Å²) in [6, 6.07) is 7.27. The van der Waals surface area contributed by atoms with E-state index < -0.39 is 6.10 Å². The summed E-state index contributed by atoms with van der Waals surface area (Å²) in [5.74, 6) is 0.685. The zero-order valence-electron chi connectivity index (χ0n) is 13.7. The molecule has 1 atom stereocenters. The van der Waals surface area contributed by atoms with E-state index in [0.29, 0.717) is 16.5 Å². The molecule has 0 aliphatic carbocycles. The smallest absolute Gasteiger partial charge is 0.191 e. The fourth-order valence-corrected chi connectivity index (χ4v) is 2.15. The van der Waals surface area contributed by atoms with Gasteiger partial charge in [0.15, 0.2) is 5.96 Å². The lowest BCUT2D eigenvalue weighted by molar-refractivity contribution is 0.145. The number of benzene rings is 1. The van der Waals surface area contributed by atoms with Gasteiger partial charge in [0.25, 0.3) is 0 Å². The molecule has 0 aliphatic heterocycles. The summed E-state index contributed by atoms with van der Waals surface area (Å²) < 4.78 is 5.29. The van der Waals surface area contributed by atoms with Crippen LogP contribution in [0.15, 0.2) is 29.3 Å². The lowest BCUT2D eigenvalue weighted by Crippen LogP contribution is -2.38. The summed E-state index contributed by atoms with van der Waals surface area (Å²) in [4.78, 5) is 4.39. The van der Waals surface area contributed by atoms with Crippen molar-refractivity contribution in [2.45, 2.75) is 26.4 Å². The maximum absolute atomic E-state index is 10.2. The first-order valence-electron chi connectivity index (χ1n) is 7.71. The quantitative estimate of drug-likeness (QED) is 0.232. The van der Waals surface area contributed by atoms with E-state index >= 15 is 0 Å². The molecular weight excluding hydrogens is 429 g/mol. The minimum atomic E-state index is -0.715. The third-order valence-corrected chi connectivity index (χ3v) is 3.34. The lowest BCUT2D eigenvalue weighted by Gasteiger charge is -2.14. The lowest BCUT2D eigenvalue weighted by atomic mass is 10.1. The van der Waals surface area contributed by atoms with E-state index in [4.69, 9.17) is 16.3 Å². The van der Waals surface area contributed by atoms with Crippen LogP contribution < -0.4 is 10.6 Å². The third-order valence-electron chi connectivity index (χ3n) is 2.99. The molecule has 23 heavy (non-hydrogen) atoms. The highest BCUT2D eigenvalue weighted by atomic mass is 127. The van der Waals surface area contributed by atoms with Crippen LogP contribution in [0.2, 0.25) is 5.02 Å². The first-order valence-corrected chi connectivity index (χ1v) is 8.09. The first kappa shape index (κ1) is 22.4. The molecule has 1 aromatic rings. The highest BCUT2D eigenvalue weighted by Crippen LogP contribution is 2.22. The molecule has 0 amide bonds. The van der Waals surface area contributed by atoms with Gasteiger partial charge >= 0.3 is 0 Å². The van der Waals surface area contributed by atoms with Crippen molar-refractivity contribution in [1.29, 1.82) is 0 Å². The average Bonchev–Trinajstić information content (AvgIpc) is 2.52. The summed E-state index contributed by atoms with van der Waals surface area (Å²) in [5, 5.41) is 17.1. The normalized spacial score (nSPS) is 12.4. The number of aliphatic hydroxyl groups excluding tert-OH is 1. The van der Waals surface area contributed by atoms with Gasteiger partial charge in [0.2, 0.25) is 0 Å². The molecule has 0 bridgehead atoms. The van der Waals surface area contributed by atoms with Crippen molar-refractivity contribution in [2.24, 2.45) is 4.99 Å². The van der Waals surface area contributed by atoms with Gasteiger partial charge in [-0.15, -0.1) is 24.0 Å². The van der Waals surface area contributed by atoms with Gasteiger partial charge in [-0.2, -0.15) is 0 Å². The van der Waals surface area contributed by atoms with Crippen molar-refractivity contribution < 1.29 is 9.84 Å². The van der Waals surface area contributed by atoms with Crippen LogP contribution >= 0.6 is 35.6 Å². The van der Waals surface area contributed by atoms with Crippen molar-refractivity contribution in [3.05, 3.63) is 34.9 Å². The number of nitrogens with one attached hydrogen (secondary N) is 2. The standard InChI is InChI=1S/C16H26ClN3O2.HI/c1-3-18-16(19-10-7-11-22-4-2)20-12-15(21)13-8-5-6-9-14(13)17;/h5-6,8-9,15,21H,3-4,7,10-12H2,1-2H3,(H2,18,19,20);1H. The summed E-state index contributed by atoms with van der Waals surface area (Å²) in [6.45, 7) is 7.23. The van der Waals surface area contributed by atoms with Crippen LogP contribution in [0.3, 0.4) is 0 Å². The number of halogens is 2.